The summed E-state index contributed by atoms with van der Waals surface area (Å²) < 4.78 is 2.10. The van der Waals surface area contributed by atoms with E-state index in [0.29, 0.717) is 12.1 Å². The van der Waals surface area contributed by atoms with Crippen LogP contribution in [0.4, 0.5) is 0 Å². The highest BCUT2D eigenvalue weighted by molar-refractivity contribution is 5.87. The Morgan fingerprint density at radius 1 is 1.29 bits per heavy atom. The Kier molecular flexibility index (Phi) is 4.60. The van der Waals surface area contributed by atoms with Gasteiger partial charge in [0.25, 0.3) is 0 Å². The standard InChI is InChI=1S/C19H21N3O2/c1-3-4-8-17-21-16-9-13(2)11-20-18(16)22(17)12-14-6-5-7-15(10-14)19(23)24/h5-7,9-11H,3-4,8,12H2,1-2H3,(H,23,24). The summed E-state index contributed by atoms with van der Waals surface area (Å²) in [5.41, 5.74) is 4.08. The topological polar surface area (TPSA) is 68.0 Å². The molecule has 2 heterocycles. The van der Waals surface area contributed by atoms with Gasteiger partial charge in [-0.2, -0.15) is 0 Å². The van der Waals surface area contributed by atoms with E-state index in [9.17, 15) is 9.90 Å². The summed E-state index contributed by atoms with van der Waals surface area (Å²) in [6.45, 7) is 4.74. The van der Waals surface area contributed by atoms with Gasteiger partial charge in [0.1, 0.15) is 11.3 Å². The van der Waals surface area contributed by atoms with Gasteiger partial charge >= 0.3 is 5.97 Å². The van der Waals surface area contributed by atoms with Gasteiger partial charge in [0.05, 0.1) is 12.1 Å². The number of aromatic carboxylic acids is 1. The molecule has 0 unspecified atom stereocenters. The fourth-order valence-corrected chi connectivity index (χ4v) is 2.84. The van der Waals surface area contributed by atoms with E-state index in [1.165, 1.54) is 0 Å². The van der Waals surface area contributed by atoms with Crippen molar-refractivity contribution in [3.05, 3.63) is 59.0 Å². The molecule has 0 aliphatic heterocycles. The van der Waals surface area contributed by atoms with Crippen LogP contribution in [0.25, 0.3) is 11.2 Å². The van der Waals surface area contributed by atoms with Crippen molar-refractivity contribution < 1.29 is 9.90 Å². The molecule has 0 bridgehead atoms. The van der Waals surface area contributed by atoms with Crippen molar-refractivity contribution in [2.75, 3.05) is 0 Å². The molecule has 1 aromatic carbocycles. The molecule has 0 saturated carbocycles. The third kappa shape index (κ3) is 3.30. The number of rotatable bonds is 6. The zero-order valence-electron chi connectivity index (χ0n) is 14.0. The number of nitrogens with zero attached hydrogens (tertiary/aromatic N) is 3. The summed E-state index contributed by atoms with van der Waals surface area (Å²) >= 11 is 0. The van der Waals surface area contributed by atoms with Crippen molar-refractivity contribution >= 4 is 17.1 Å². The van der Waals surface area contributed by atoms with Crippen LogP contribution in [0.2, 0.25) is 0 Å². The summed E-state index contributed by atoms with van der Waals surface area (Å²) in [6.07, 6.45) is 4.91. The van der Waals surface area contributed by atoms with Crippen molar-refractivity contribution in [3.8, 4) is 0 Å². The molecule has 3 aromatic rings. The monoisotopic (exact) mass is 323 g/mol. The second kappa shape index (κ2) is 6.83. The minimum absolute atomic E-state index is 0.302. The largest absolute Gasteiger partial charge is 0.478 e. The quantitative estimate of drug-likeness (QED) is 0.748. The lowest BCUT2D eigenvalue weighted by Crippen LogP contribution is -2.07. The average Bonchev–Trinajstić information content (AvgIpc) is 2.89. The Bertz CT molecular complexity index is 883. The number of fused-ring (bicyclic) bond motifs is 1. The second-order valence-corrected chi connectivity index (χ2v) is 6.08. The molecule has 0 amide bonds. The van der Waals surface area contributed by atoms with E-state index in [2.05, 4.69) is 16.5 Å². The summed E-state index contributed by atoms with van der Waals surface area (Å²) in [7, 11) is 0. The first-order chi connectivity index (χ1) is 11.6. The van der Waals surface area contributed by atoms with Gasteiger partial charge in [-0.3, -0.25) is 0 Å². The van der Waals surface area contributed by atoms with Crippen LogP contribution in [0.1, 0.15) is 47.1 Å². The molecule has 0 aliphatic carbocycles. The zero-order valence-corrected chi connectivity index (χ0v) is 14.0. The molecule has 5 heteroatoms. The number of carbonyl (C=O) groups is 1. The van der Waals surface area contributed by atoms with Crippen LogP contribution in [0.5, 0.6) is 0 Å². The van der Waals surface area contributed by atoms with Crippen molar-refractivity contribution in [2.24, 2.45) is 0 Å². The molecule has 1 N–H and O–H groups in total. The van der Waals surface area contributed by atoms with Crippen LogP contribution in [0.15, 0.2) is 36.5 Å². The Balaban J connectivity index is 2.03. The summed E-state index contributed by atoms with van der Waals surface area (Å²) in [6, 6.07) is 9.09. The summed E-state index contributed by atoms with van der Waals surface area (Å²) in [5.74, 6) is 0.0953. The number of hydrogen-bond donors (Lipinski definition) is 1. The summed E-state index contributed by atoms with van der Waals surface area (Å²) in [4.78, 5) is 20.5. The normalized spacial score (nSPS) is 11.1. The van der Waals surface area contributed by atoms with E-state index >= 15 is 0 Å². The average molecular weight is 323 g/mol. The van der Waals surface area contributed by atoms with Crippen molar-refractivity contribution in [2.45, 2.75) is 39.7 Å². The molecule has 0 radical (unpaired) electrons. The van der Waals surface area contributed by atoms with E-state index in [0.717, 1.165) is 47.4 Å². The van der Waals surface area contributed by atoms with Gasteiger partial charge in [-0.1, -0.05) is 25.5 Å². The molecular weight excluding hydrogens is 302 g/mol. The van der Waals surface area contributed by atoms with Crippen LogP contribution in [-0.4, -0.2) is 25.6 Å². The van der Waals surface area contributed by atoms with Crippen LogP contribution >= 0.6 is 0 Å². The lowest BCUT2D eigenvalue weighted by Gasteiger charge is -2.09. The van der Waals surface area contributed by atoms with Crippen molar-refractivity contribution in [3.63, 3.8) is 0 Å². The third-order valence-corrected chi connectivity index (χ3v) is 4.07. The maximum atomic E-state index is 11.2. The molecule has 0 atom stereocenters. The first-order valence-electron chi connectivity index (χ1n) is 8.22. The fraction of sp³-hybridized carbons (Fsp3) is 0.316. The highest BCUT2D eigenvalue weighted by atomic mass is 16.4. The van der Waals surface area contributed by atoms with Crippen molar-refractivity contribution in [1.82, 2.24) is 14.5 Å². The minimum atomic E-state index is -0.910. The fourth-order valence-electron chi connectivity index (χ4n) is 2.84. The van der Waals surface area contributed by atoms with Gasteiger partial charge in [0.2, 0.25) is 0 Å². The number of pyridine rings is 1. The highest BCUT2D eigenvalue weighted by Crippen LogP contribution is 2.19. The number of imidazole rings is 1. The van der Waals surface area contributed by atoms with E-state index in [1.54, 1.807) is 18.2 Å². The summed E-state index contributed by atoms with van der Waals surface area (Å²) in [5, 5.41) is 9.18. The second-order valence-electron chi connectivity index (χ2n) is 6.08. The van der Waals surface area contributed by atoms with Gasteiger partial charge in [0, 0.05) is 12.6 Å². The number of hydrogen-bond acceptors (Lipinski definition) is 3. The molecule has 0 aliphatic rings. The van der Waals surface area contributed by atoms with E-state index in [1.807, 2.05) is 25.3 Å². The molecule has 0 fully saturated rings. The number of unbranched alkanes of at least 4 members (excludes halogenated alkanes) is 1. The lowest BCUT2D eigenvalue weighted by molar-refractivity contribution is 0.0696. The Labute approximate surface area is 141 Å². The van der Waals surface area contributed by atoms with E-state index < -0.39 is 5.97 Å². The van der Waals surface area contributed by atoms with Gasteiger partial charge < -0.3 is 9.67 Å². The maximum absolute atomic E-state index is 11.2. The molecule has 0 saturated heterocycles. The lowest BCUT2D eigenvalue weighted by atomic mass is 10.1. The Morgan fingerprint density at radius 2 is 2.12 bits per heavy atom. The number of aromatic nitrogens is 3. The van der Waals surface area contributed by atoms with E-state index in [-0.39, 0.29) is 0 Å². The Hall–Kier alpha value is -2.69. The molecule has 2 aromatic heterocycles. The molecule has 3 rings (SSSR count). The van der Waals surface area contributed by atoms with E-state index in [4.69, 9.17) is 4.98 Å². The maximum Gasteiger partial charge on any atom is 0.335 e. The molecule has 124 valence electrons. The SMILES string of the molecule is CCCCc1nc2cc(C)cnc2n1Cc1cccc(C(=O)O)c1. The van der Waals surface area contributed by atoms with Crippen molar-refractivity contribution in [1.29, 1.82) is 0 Å². The van der Waals surface area contributed by atoms with Gasteiger partial charge in [-0.15, -0.1) is 0 Å². The number of carboxylic acid groups (broad SMARTS) is 1. The minimum Gasteiger partial charge on any atom is -0.478 e. The molecule has 0 spiro atoms. The van der Waals surface area contributed by atoms with Crippen LogP contribution in [0, 0.1) is 6.92 Å². The van der Waals surface area contributed by atoms with Crippen LogP contribution < -0.4 is 0 Å². The molecule has 5 nitrogen and oxygen atoms in total. The van der Waals surface area contributed by atoms with Gasteiger partial charge in [-0.25, -0.2) is 14.8 Å². The predicted octanol–water partition coefficient (Wildman–Crippen LogP) is 3.83. The van der Waals surface area contributed by atoms with Crippen LogP contribution in [-0.2, 0) is 13.0 Å². The smallest absolute Gasteiger partial charge is 0.335 e. The molecular formula is C19H21N3O2. The number of benzene rings is 1. The van der Waals surface area contributed by atoms with Gasteiger partial charge in [-0.05, 0) is 42.7 Å². The zero-order chi connectivity index (χ0) is 17.1. The van der Waals surface area contributed by atoms with Gasteiger partial charge in [0.15, 0.2) is 5.65 Å². The first-order valence-corrected chi connectivity index (χ1v) is 8.22. The highest BCUT2D eigenvalue weighted by Gasteiger charge is 2.13. The molecule has 24 heavy (non-hydrogen) atoms. The Morgan fingerprint density at radius 3 is 2.88 bits per heavy atom. The predicted molar refractivity (Wildman–Crippen MR) is 93.4 cm³/mol. The number of carboxylic acids is 1. The number of aryl methyl sites for hydroxylation is 2. The third-order valence-electron chi connectivity index (χ3n) is 4.07. The first kappa shape index (κ1) is 16.2. The van der Waals surface area contributed by atoms with Crippen LogP contribution in [0.3, 0.4) is 0 Å².